The summed E-state index contributed by atoms with van der Waals surface area (Å²) in [6.07, 6.45) is -4.58. The number of sulfonamides is 1. The van der Waals surface area contributed by atoms with Crippen LogP contribution in [0.3, 0.4) is 0 Å². The molecule has 1 aliphatic rings. The van der Waals surface area contributed by atoms with E-state index >= 15 is 0 Å². The first kappa shape index (κ1) is 23.0. The highest BCUT2D eigenvalue weighted by molar-refractivity contribution is 7.89. The van der Waals surface area contributed by atoms with E-state index in [2.05, 4.69) is 0 Å². The van der Waals surface area contributed by atoms with Gasteiger partial charge in [0, 0.05) is 37.3 Å². The van der Waals surface area contributed by atoms with Crippen molar-refractivity contribution in [3.05, 3.63) is 68.7 Å². The molecule has 0 aromatic heterocycles. The zero-order valence-electron chi connectivity index (χ0n) is 15.7. The highest BCUT2D eigenvalue weighted by atomic mass is 35.5. The van der Waals surface area contributed by atoms with Crippen molar-refractivity contribution in [1.82, 2.24) is 9.21 Å². The van der Waals surface area contributed by atoms with Gasteiger partial charge in [0.15, 0.2) is 0 Å². The Balaban J connectivity index is 1.73. The van der Waals surface area contributed by atoms with Crippen LogP contribution in [-0.2, 0) is 16.2 Å². The topological polar surface area (TPSA) is 101 Å². The third kappa shape index (κ3) is 4.81. The van der Waals surface area contributed by atoms with Crippen LogP contribution in [-0.4, -0.2) is 54.6 Å². The smallest absolute Gasteiger partial charge is 0.336 e. The number of carbonyl (C=O) groups excluding carboxylic acids is 1. The van der Waals surface area contributed by atoms with Gasteiger partial charge >= 0.3 is 6.18 Å². The fraction of sp³-hybridized carbons (Fsp3) is 0.278. The quantitative estimate of drug-likeness (QED) is 0.496. The molecule has 2 aromatic carbocycles. The molecule has 1 aliphatic heterocycles. The van der Waals surface area contributed by atoms with Crippen LogP contribution >= 0.6 is 11.6 Å². The van der Waals surface area contributed by atoms with E-state index in [0.717, 1.165) is 22.5 Å². The Morgan fingerprint density at radius 1 is 1.03 bits per heavy atom. The molecule has 1 amide bonds. The molecule has 0 radical (unpaired) electrons. The normalized spacial score (nSPS) is 15.7. The predicted molar refractivity (Wildman–Crippen MR) is 104 cm³/mol. The first-order valence-electron chi connectivity index (χ1n) is 8.82. The lowest BCUT2D eigenvalue weighted by Crippen LogP contribution is -2.50. The summed E-state index contributed by atoms with van der Waals surface area (Å²) in [4.78, 5) is 24.1. The highest BCUT2D eigenvalue weighted by Gasteiger charge is 2.34. The molecule has 1 heterocycles. The maximum atomic E-state index is 12.7. The van der Waals surface area contributed by atoms with Crippen molar-refractivity contribution >= 4 is 33.2 Å². The van der Waals surface area contributed by atoms with Crippen LogP contribution in [0.4, 0.5) is 18.9 Å². The van der Waals surface area contributed by atoms with Crippen molar-refractivity contribution in [2.45, 2.75) is 11.1 Å². The number of piperazine rings is 1. The van der Waals surface area contributed by atoms with Gasteiger partial charge in [-0.05, 0) is 36.4 Å². The van der Waals surface area contributed by atoms with E-state index in [0.29, 0.717) is 12.1 Å². The standard InChI is InChI=1S/C18H15ClF3N3O5S/c19-13-3-6-15(16(11-13)25(27)28)17(26)23-7-9-24(10-8-23)31(29,30)14-4-1-12(2-5-14)18(20,21)22/h1-6,11H,7-10H2. The fourth-order valence-corrected chi connectivity index (χ4v) is 4.69. The van der Waals surface area contributed by atoms with Crippen LogP contribution in [0.2, 0.25) is 5.02 Å². The molecule has 1 fully saturated rings. The van der Waals surface area contributed by atoms with Gasteiger partial charge in [0.1, 0.15) is 5.56 Å². The number of nitro benzene ring substituents is 1. The number of amides is 1. The van der Waals surface area contributed by atoms with Gasteiger partial charge in [-0.2, -0.15) is 17.5 Å². The molecule has 0 N–H and O–H groups in total. The summed E-state index contributed by atoms with van der Waals surface area (Å²) in [7, 11) is -4.06. The average Bonchev–Trinajstić information content (AvgIpc) is 2.72. The predicted octanol–water partition coefficient (Wildman–Crippen LogP) is 3.41. The molecule has 13 heteroatoms. The van der Waals surface area contributed by atoms with Crippen molar-refractivity contribution in [2.24, 2.45) is 0 Å². The van der Waals surface area contributed by atoms with Crippen molar-refractivity contribution < 1.29 is 31.3 Å². The number of carbonyl (C=O) groups is 1. The van der Waals surface area contributed by atoms with Crippen LogP contribution in [0.5, 0.6) is 0 Å². The lowest BCUT2D eigenvalue weighted by Gasteiger charge is -2.34. The van der Waals surface area contributed by atoms with Crippen molar-refractivity contribution in [2.75, 3.05) is 26.2 Å². The zero-order valence-corrected chi connectivity index (χ0v) is 17.2. The van der Waals surface area contributed by atoms with E-state index in [1.54, 1.807) is 0 Å². The molecule has 0 saturated carbocycles. The minimum absolute atomic E-state index is 0.0432. The Hall–Kier alpha value is -2.70. The number of hydrogen-bond acceptors (Lipinski definition) is 5. The monoisotopic (exact) mass is 477 g/mol. The summed E-state index contributed by atoms with van der Waals surface area (Å²) < 4.78 is 64.5. The number of nitro groups is 1. The number of alkyl halides is 3. The van der Waals surface area contributed by atoms with Crippen molar-refractivity contribution in [3.63, 3.8) is 0 Å². The number of hydrogen-bond donors (Lipinski definition) is 0. The first-order chi connectivity index (χ1) is 14.4. The van der Waals surface area contributed by atoms with Gasteiger partial charge in [-0.15, -0.1) is 0 Å². The molecule has 166 valence electrons. The van der Waals surface area contributed by atoms with E-state index in [4.69, 9.17) is 11.6 Å². The Morgan fingerprint density at radius 2 is 1.61 bits per heavy atom. The number of nitrogens with zero attached hydrogens (tertiary/aromatic N) is 3. The molecule has 2 aromatic rings. The molecule has 1 saturated heterocycles. The van der Waals surface area contributed by atoms with E-state index in [1.807, 2.05) is 0 Å². The molecule has 31 heavy (non-hydrogen) atoms. The second-order valence-electron chi connectivity index (χ2n) is 6.64. The summed E-state index contributed by atoms with van der Waals surface area (Å²) in [5.74, 6) is -0.644. The van der Waals surface area contributed by atoms with Crippen LogP contribution < -0.4 is 0 Å². The number of halogens is 4. The third-order valence-electron chi connectivity index (χ3n) is 4.73. The van der Waals surface area contributed by atoms with E-state index < -0.39 is 38.3 Å². The van der Waals surface area contributed by atoms with Gasteiger partial charge in [0.05, 0.1) is 15.4 Å². The van der Waals surface area contributed by atoms with Crippen molar-refractivity contribution in [1.29, 1.82) is 0 Å². The summed E-state index contributed by atoms with van der Waals surface area (Å²) >= 11 is 5.75. The van der Waals surface area contributed by atoms with Gasteiger partial charge < -0.3 is 4.90 Å². The van der Waals surface area contributed by atoms with E-state index in [1.165, 1.54) is 17.0 Å². The zero-order chi connectivity index (χ0) is 23.0. The number of benzene rings is 2. The van der Waals surface area contributed by atoms with Crippen LogP contribution in [0, 0.1) is 10.1 Å². The largest absolute Gasteiger partial charge is 0.416 e. The summed E-state index contributed by atoms with van der Waals surface area (Å²) in [6, 6.07) is 6.76. The van der Waals surface area contributed by atoms with Crippen LogP contribution in [0.25, 0.3) is 0 Å². The second-order valence-corrected chi connectivity index (χ2v) is 9.01. The van der Waals surface area contributed by atoms with Gasteiger partial charge in [-0.25, -0.2) is 8.42 Å². The SMILES string of the molecule is O=C(c1ccc(Cl)cc1[N+](=O)[O-])N1CCN(S(=O)(=O)c2ccc(C(F)(F)F)cc2)CC1. The molecule has 0 aliphatic carbocycles. The molecule has 8 nitrogen and oxygen atoms in total. The minimum atomic E-state index is -4.58. The van der Waals surface area contributed by atoms with Crippen LogP contribution in [0.1, 0.15) is 15.9 Å². The lowest BCUT2D eigenvalue weighted by molar-refractivity contribution is -0.385. The molecule has 0 unspecified atom stereocenters. The second kappa shape index (κ2) is 8.44. The van der Waals surface area contributed by atoms with Gasteiger partial charge in [-0.3, -0.25) is 14.9 Å². The molecule has 0 bridgehead atoms. The summed E-state index contributed by atoms with van der Waals surface area (Å²) in [5.41, 5.74) is -1.60. The minimum Gasteiger partial charge on any atom is -0.336 e. The van der Waals surface area contributed by atoms with Crippen molar-refractivity contribution in [3.8, 4) is 0 Å². The summed E-state index contributed by atoms with van der Waals surface area (Å²) in [6.45, 7) is -0.316. The first-order valence-corrected chi connectivity index (χ1v) is 10.6. The lowest BCUT2D eigenvalue weighted by atomic mass is 10.1. The third-order valence-corrected chi connectivity index (χ3v) is 6.88. The van der Waals surface area contributed by atoms with Gasteiger partial charge in [0.2, 0.25) is 10.0 Å². The molecular weight excluding hydrogens is 463 g/mol. The number of rotatable bonds is 4. The maximum Gasteiger partial charge on any atom is 0.416 e. The molecular formula is C18H15ClF3N3O5S. The Labute approximate surface area is 180 Å². The van der Waals surface area contributed by atoms with E-state index in [-0.39, 0.29) is 41.7 Å². The molecule has 3 rings (SSSR count). The molecule has 0 spiro atoms. The Bertz CT molecular complexity index is 1120. The van der Waals surface area contributed by atoms with Gasteiger partial charge in [0.25, 0.3) is 11.6 Å². The van der Waals surface area contributed by atoms with Crippen LogP contribution in [0.15, 0.2) is 47.4 Å². The average molecular weight is 478 g/mol. The van der Waals surface area contributed by atoms with E-state index in [9.17, 15) is 36.5 Å². The highest BCUT2D eigenvalue weighted by Crippen LogP contribution is 2.30. The Kier molecular flexibility index (Phi) is 6.25. The van der Waals surface area contributed by atoms with Gasteiger partial charge in [-0.1, -0.05) is 11.6 Å². The maximum absolute atomic E-state index is 12.7. The Morgan fingerprint density at radius 3 is 2.13 bits per heavy atom. The fourth-order valence-electron chi connectivity index (χ4n) is 3.10. The summed E-state index contributed by atoms with van der Waals surface area (Å²) in [5, 5.41) is 11.3. The molecule has 0 atom stereocenters.